The van der Waals surface area contributed by atoms with Gasteiger partial charge in [-0.05, 0) is 48.6 Å². The number of nitrogens with one attached hydrogen (secondary N) is 8. The summed E-state index contributed by atoms with van der Waals surface area (Å²) >= 11 is 3.99. The molecule has 260 valence electrons. The number of carbonyl (C=O) groups is 6. The van der Waals surface area contributed by atoms with Gasteiger partial charge in [0, 0.05) is 18.7 Å². The van der Waals surface area contributed by atoms with E-state index in [4.69, 9.17) is 11.1 Å². The molecule has 0 aliphatic carbocycles. The Kier molecular flexibility index (Phi) is 14.9. The number of guanidine groups is 1. The van der Waals surface area contributed by atoms with Crippen molar-refractivity contribution in [3.63, 3.8) is 0 Å². The zero-order valence-electron chi connectivity index (χ0n) is 26.3. The summed E-state index contributed by atoms with van der Waals surface area (Å²) in [5.74, 6) is -4.84. The Bertz CT molecular complexity index is 1490. The normalized spacial score (nSPS) is 15.7. The van der Waals surface area contributed by atoms with Gasteiger partial charge in [-0.1, -0.05) is 42.5 Å². The van der Waals surface area contributed by atoms with Crippen LogP contribution >= 0.6 is 12.6 Å². The van der Waals surface area contributed by atoms with Crippen molar-refractivity contribution in [1.29, 1.82) is 5.41 Å². The first-order valence-corrected chi connectivity index (χ1v) is 16.2. The summed E-state index contributed by atoms with van der Waals surface area (Å²) in [4.78, 5) is 75.7. The minimum absolute atomic E-state index is 0.0270. The van der Waals surface area contributed by atoms with Crippen LogP contribution in [-0.2, 0) is 35.2 Å². The number of hydrogen-bond acceptors (Lipinski definition) is 9. The van der Waals surface area contributed by atoms with Gasteiger partial charge in [-0.25, -0.2) is 4.79 Å². The lowest BCUT2D eigenvalue weighted by atomic mass is 10.0. The van der Waals surface area contributed by atoms with Crippen LogP contribution in [0.1, 0.15) is 31.2 Å². The van der Waals surface area contributed by atoms with Crippen molar-refractivity contribution >= 4 is 64.9 Å². The van der Waals surface area contributed by atoms with Gasteiger partial charge < -0.3 is 48.1 Å². The summed E-state index contributed by atoms with van der Waals surface area (Å²) in [6.45, 7) is 0.0378. The van der Waals surface area contributed by atoms with Crippen LogP contribution in [0.15, 0.2) is 42.5 Å². The first kappa shape index (κ1) is 37.6. The molecule has 16 nitrogen and oxygen atoms in total. The van der Waals surface area contributed by atoms with Gasteiger partial charge in [-0.15, -0.1) is 0 Å². The van der Waals surface area contributed by atoms with Crippen molar-refractivity contribution in [1.82, 2.24) is 37.2 Å². The highest BCUT2D eigenvalue weighted by atomic mass is 32.1. The highest BCUT2D eigenvalue weighted by Gasteiger charge is 2.28. The van der Waals surface area contributed by atoms with E-state index in [1.807, 2.05) is 36.4 Å². The van der Waals surface area contributed by atoms with Crippen molar-refractivity contribution < 1.29 is 33.9 Å². The van der Waals surface area contributed by atoms with Gasteiger partial charge in [0.1, 0.15) is 18.1 Å². The molecule has 48 heavy (non-hydrogen) atoms. The third-order valence-electron chi connectivity index (χ3n) is 7.56. The average Bonchev–Trinajstić information content (AvgIpc) is 3.61. The van der Waals surface area contributed by atoms with Crippen molar-refractivity contribution in [2.45, 2.75) is 56.3 Å². The second kappa shape index (κ2) is 19.0. The number of aliphatic carboxylic acids is 1. The molecule has 4 atom stereocenters. The standard InChI is InChI=1S/C31H43N9O7S/c32-31(33)35-12-4-8-22(38-25(41)15-36-27(43)21-7-3-11-34-21)28(44)37-16-26(42)39-23(29(45)40-24(17-48)30(46)47)14-18-9-10-19-5-1-2-6-20(19)13-18/h1-2,5-6,9-10,13,21-24,34,48H,3-4,7-8,11-12,14-17H2,(H,36,43)(H,37,44)(H,38,41)(H,39,42)(H,40,45)(H,46,47)(H4,32,33,35)/t21-,22-,23-,24-/m0/s1. The first-order valence-electron chi connectivity index (χ1n) is 15.5. The van der Waals surface area contributed by atoms with E-state index in [1.165, 1.54) is 0 Å². The van der Waals surface area contributed by atoms with Crippen molar-refractivity contribution in [2.24, 2.45) is 5.73 Å². The van der Waals surface area contributed by atoms with E-state index in [1.54, 1.807) is 6.07 Å². The van der Waals surface area contributed by atoms with Crippen LogP contribution in [0.2, 0.25) is 0 Å². The van der Waals surface area contributed by atoms with Crippen LogP contribution in [0, 0.1) is 5.41 Å². The van der Waals surface area contributed by atoms with Gasteiger partial charge in [-0.2, -0.15) is 12.6 Å². The Morgan fingerprint density at radius 3 is 2.23 bits per heavy atom. The molecule has 1 fully saturated rings. The Balaban J connectivity index is 1.64. The SMILES string of the molecule is N=C(N)NCCC[C@H](NC(=O)CNC(=O)[C@@H]1CCCN1)C(=O)NCC(=O)N[C@@H](Cc1ccc2ccccc2c1)C(=O)N[C@@H](CS)C(=O)O. The fourth-order valence-corrected chi connectivity index (χ4v) is 5.29. The molecule has 11 N–H and O–H groups in total. The third kappa shape index (κ3) is 12.4. The fraction of sp³-hybridized carbons (Fsp3) is 0.452. The van der Waals surface area contributed by atoms with Crippen LogP contribution in [-0.4, -0.2) is 103 Å². The second-order valence-electron chi connectivity index (χ2n) is 11.3. The molecule has 3 rings (SSSR count). The Hall–Kier alpha value is -4.90. The zero-order valence-corrected chi connectivity index (χ0v) is 27.2. The predicted octanol–water partition coefficient (Wildman–Crippen LogP) is -1.90. The lowest BCUT2D eigenvalue weighted by Crippen LogP contribution is -2.55. The van der Waals surface area contributed by atoms with Crippen molar-refractivity contribution in [2.75, 3.05) is 31.9 Å². The monoisotopic (exact) mass is 685 g/mol. The summed E-state index contributed by atoms with van der Waals surface area (Å²) in [5, 5.41) is 36.7. The maximum absolute atomic E-state index is 13.2. The maximum Gasteiger partial charge on any atom is 0.327 e. The van der Waals surface area contributed by atoms with E-state index in [-0.39, 0.29) is 49.6 Å². The zero-order chi connectivity index (χ0) is 35.1. The molecule has 1 heterocycles. The first-order chi connectivity index (χ1) is 23.0. The van der Waals surface area contributed by atoms with E-state index >= 15 is 0 Å². The second-order valence-corrected chi connectivity index (χ2v) is 11.6. The van der Waals surface area contributed by atoms with Crippen LogP contribution < -0.4 is 43.0 Å². The molecule has 2 aromatic rings. The molecule has 17 heteroatoms. The minimum atomic E-state index is -1.29. The summed E-state index contributed by atoms with van der Waals surface area (Å²) in [5.41, 5.74) is 6.01. The molecule has 0 radical (unpaired) electrons. The molecule has 5 amide bonds. The highest BCUT2D eigenvalue weighted by Crippen LogP contribution is 2.17. The van der Waals surface area contributed by atoms with Crippen molar-refractivity contribution in [3.05, 3.63) is 48.0 Å². The van der Waals surface area contributed by atoms with Gasteiger partial charge in [0.25, 0.3) is 0 Å². The number of amides is 5. The molecule has 1 aliphatic rings. The average molecular weight is 686 g/mol. The molecular formula is C31H43N9O7S. The molecule has 1 saturated heterocycles. The number of benzene rings is 2. The molecule has 0 bridgehead atoms. The van der Waals surface area contributed by atoms with Crippen LogP contribution in [0.25, 0.3) is 10.8 Å². The lowest BCUT2D eigenvalue weighted by molar-refractivity contribution is -0.141. The van der Waals surface area contributed by atoms with E-state index in [2.05, 4.69) is 49.8 Å². The minimum Gasteiger partial charge on any atom is -0.480 e. The summed E-state index contributed by atoms with van der Waals surface area (Å²) in [6.07, 6.45) is 1.97. The predicted molar refractivity (Wildman–Crippen MR) is 181 cm³/mol. The lowest BCUT2D eigenvalue weighted by Gasteiger charge is -2.22. The van der Waals surface area contributed by atoms with Crippen LogP contribution in [0.3, 0.4) is 0 Å². The Morgan fingerprint density at radius 1 is 0.896 bits per heavy atom. The van der Waals surface area contributed by atoms with E-state index < -0.39 is 54.3 Å². The molecular weight excluding hydrogens is 642 g/mol. The number of thiol groups is 1. The number of carboxylic acids is 1. The smallest absolute Gasteiger partial charge is 0.327 e. The van der Waals surface area contributed by atoms with E-state index in [0.717, 1.165) is 17.2 Å². The summed E-state index contributed by atoms with van der Waals surface area (Å²) in [6, 6.07) is 9.15. The largest absolute Gasteiger partial charge is 0.480 e. The maximum atomic E-state index is 13.2. The summed E-state index contributed by atoms with van der Waals surface area (Å²) < 4.78 is 0. The number of carboxylic acid groups (broad SMARTS) is 1. The third-order valence-corrected chi connectivity index (χ3v) is 7.93. The molecule has 0 aromatic heterocycles. The number of fused-ring (bicyclic) bond motifs is 1. The van der Waals surface area contributed by atoms with Gasteiger partial charge >= 0.3 is 5.97 Å². The molecule has 0 unspecified atom stereocenters. The van der Waals surface area contributed by atoms with Gasteiger partial charge in [0.2, 0.25) is 29.5 Å². The molecule has 2 aromatic carbocycles. The summed E-state index contributed by atoms with van der Waals surface area (Å²) in [7, 11) is 0. The molecule has 1 aliphatic heterocycles. The number of rotatable bonds is 18. The number of nitrogens with two attached hydrogens (primary N) is 1. The fourth-order valence-electron chi connectivity index (χ4n) is 5.05. The number of carbonyl (C=O) groups excluding carboxylic acids is 5. The van der Waals surface area contributed by atoms with Crippen LogP contribution in [0.4, 0.5) is 0 Å². The van der Waals surface area contributed by atoms with Gasteiger partial charge in [0.05, 0.1) is 19.1 Å². The topological polar surface area (TPSA) is 257 Å². The van der Waals surface area contributed by atoms with Gasteiger partial charge in [-0.3, -0.25) is 29.4 Å². The Morgan fingerprint density at radius 2 is 1.58 bits per heavy atom. The number of hydrogen-bond donors (Lipinski definition) is 11. The van der Waals surface area contributed by atoms with E-state index in [9.17, 15) is 33.9 Å². The quantitative estimate of drug-likeness (QED) is 0.0360. The highest BCUT2D eigenvalue weighted by molar-refractivity contribution is 7.80. The molecule has 0 saturated carbocycles. The molecule has 0 spiro atoms. The van der Waals surface area contributed by atoms with Crippen LogP contribution in [0.5, 0.6) is 0 Å². The van der Waals surface area contributed by atoms with Crippen molar-refractivity contribution in [3.8, 4) is 0 Å². The van der Waals surface area contributed by atoms with Gasteiger partial charge in [0.15, 0.2) is 5.96 Å². The Labute approximate surface area is 283 Å². The van der Waals surface area contributed by atoms with E-state index in [0.29, 0.717) is 24.9 Å².